The second kappa shape index (κ2) is 6.22. The molecule has 2 nitrogen and oxygen atoms in total. The smallest absolute Gasteiger partial charge is 0.132 e. The molecule has 4 rings (SSSR count). The van der Waals surface area contributed by atoms with Crippen LogP contribution in [0.5, 0.6) is 0 Å². The standard InChI is InChI=1S/C20H11ClF2N2/c21-13-7-10-16(23)15(11-13)20-19(12-5-8-14(22)9-6-12)24-17-3-1-2-4-18(17)25-20/h1-11H. The minimum Gasteiger partial charge on any atom is -0.244 e. The number of hydrogen-bond acceptors (Lipinski definition) is 2. The summed E-state index contributed by atoms with van der Waals surface area (Å²) in [5.74, 6) is -0.801. The van der Waals surface area contributed by atoms with E-state index in [0.717, 1.165) is 0 Å². The number of halogens is 3. The molecule has 25 heavy (non-hydrogen) atoms. The van der Waals surface area contributed by atoms with Gasteiger partial charge in [0, 0.05) is 16.1 Å². The molecule has 1 aromatic heterocycles. The maximum Gasteiger partial charge on any atom is 0.132 e. The first kappa shape index (κ1) is 15.7. The van der Waals surface area contributed by atoms with Gasteiger partial charge in [-0.1, -0.05) is 23.7 Å². The molecule has 5 heteroatoms. The van der Waals surface area contributed by atoms with E-state index in [1.807, 2.05) is 24.3 Å². The average Bonchev–Trinajstić information content (AvgIpc) is 2.63. The fourth-order valence-corrected chi connectivity index (χ4v) is 2.85. The van der Waals surface area contributed by atoms with Crippen LogP contribution in [-0.4, -0.2) is 9.97 Å². The Balaban J connectivity index is 2.05. The fraction of sp³-hybridized carbons (Fsp3) is 0. The number of rotatable bonds is 2. The number of fused-ring (bicyclic) bond motifs is 1. The first-order chi connectivity index (χ1) is 12.1. The number of hydrogen-bond donors (Lipinski definition) is 0. The van der Waals surface area contributed by atoms with Crippen molar-refractivity contribution in [3.63, 3.8) is 0 Å². The van der Waals surface area contributed by atoms with Crippen LogP contribution in [0.25, 0.3) is 33.5 Å². The summed E-state index contributed by atoms with van der Waals surface area (Å²) in [5, 5.41) is 0.399. The molecule has 0 aliphatic rings. The predicted octanol–water partition coefficient (Wildman–Crippen LogP) is 5.90. The van der Waals surface area contributed by atoms with Crippen molar-refractivity contribution < 1.29 is 8.78 Å². The Morgan fingerprint density at radius 2 is 1.36 bits per heavy atom. The molecule has 0 spiro atoms. The average molecular weight is 353 g/mol. The van der Waals surface area contributed by atoms with Gasteiger partial charge in [-0.25, -0.2) is 18.7 Å². The van der Waals surface area contributed by atoms with Crippen LogP contribution in [0.3, 0.4) is 0 Å². The summed E-state index contributed by atoms with van der Waals surface area (Å²) < 4.78 is 27.7. The van der Waals surface area contributed by atoms with Crippen molar-refractivity contribution in [2.75, 3.05) is 0 Å². The minimum absolute atomic E-state index is 0.255. The van der Waals surface area contributed by atoms with Crippen molar-refractivity contribution in [3.05, 3.63) is 83.4 Å². The number of aromatic nitrogens is 2. The summed E-state index contributed by atoms with van der Waals surface area (Å²) in [5.41, 5.74) is 3.06. The summed E-state index contributed by atoms with van der Waals surface area (Å²) in [7, 11) is 0. The lowest BCUT2D eigenvalue weighted by Gasteiger charge is -2.11. The molecule has 0 saturated carbocycles. The highest BCUT2D eigenvalue weighted by atomic mass is 35.5. The van der Waals surface area contributed by atoms with Crippen LogP contribution in [0, 0.1) is 11.6 Å². The Labute approximate surface area is 147 Å². The van der Waals surface area contributed by atoms with Gasteiger partial charge in [-0.3, -0.25) is 0 Å². The number of benzene rings is 3. The Kier molecular flexibility index (Phi) is 3.90. The van der Waals surface area contributed by atoms with E-state index >= 15 is 0 Å². The Hall–Kier alpha value is -2.85. The molecule has 0 atom stereocenters. The van der Waals surface area contributed by atoms with Gasteiger partial charge in [0.05, 0.1) is 16.7 Å². The molecule has 0 N–H and O–H groups in total. The molecule has 4 aromatic rings. The van der Waals surface area contributed by atoms with E-state index in [2.05, 4.69) is 9.97 Å². The third-order valence-electron chi connectivity index (χ3n) is 3.87. The van der Waals surface area contributed by atoms with Gasteiger partial charge in [0.2, 0.25) is 0 Å². The van der Waals surface area contributed by atoms with Crippen LogP contribution in [0.4, 0.5) is 8.78 Å². The van der Waals surface area contributed by atoms with Crippen LogP contribution in [0.2, 0.25) is 5.02 Å². The summed E-state index contributed by atoms with van der Waals surface area (Å²) in [6.07, 6.45) is 0. The highest BCUT2D eigenvalue weighted by Crippen LogP contribution is 2.33. The first-order valence-corrected chi connectivity index (χ1v) is 7.98. The zero-order valence-electron chi connectivity index (χ0n) is 12.9. The highest BCUT2D eigenvalue weighted by molar-refractivity contribution is 6.30. The molecule has 0 aliphatic carbocycles. The second-order valence-corrected chi connectivity index (χ2v) is 5.98. The maximum absolute atomic E-state index is 14.4. The maximum atomic E-state index is 14.4. The van der Waals surface area contributed by atoms with Crippen molar-refractivity contribution in [2.24, 2.45) is 0 Å². The summed E-state index contributed by atoms with van der Waals surface area (Å²) in [4.78, 5) is 9.22. The second-order valence-electron chi connectivity index (χ2n) is 5.54. The Bertz CT molecular complexity index is 1080. The van der Waals surface area contributed by atoms with Gasteiger partial charge in [-0.05, 0) is 54.6 Å². The third-order valence-corrected chi connectivity index (χ3v) is 4.11. The lowest BCUT2D eigenvalue weighted by molar-refractivity contribution is 0.628. The van der Waals surface area contributed by atoms with E-state index in [-0.39, 0.29) is 11.4 Å². The molecule has 0 saturated heterocycles. The molecular formula is C20H11ClF2N2. The normalized spacial score (nSPS) is 11.0. The van der Waals surface area contributed by atoms with E-state index < -0.39 is 5.82 Å². The van der Waals surface area contributed by atoms with Gasteiger partial charge in [0.25, 0.3) is 0 Å². The molecular weight excluding hydrogens is 342 g/mol. The zero-order valence-corrected chi connectivity index (χ0v) is 13.6. The van der Waals surface area contributed by atoms with Crippen molar-refractivity contribution >= 4 is 22.6 Å². The topological polar surface area (TPSA) is 25.8 Å². The van der Waals surface area contributed by atoms with Crippen LogP contribution in [-0.2, 0) is 0 Å². The van der Waals surface area contributed by atoms with Gasteiger partial charge in [0.1, 0.15) is 17.3 Å². The molecule has 0 radical (unpaired) electrons. The largest absolute Gasteiger partial charge is 0.244 e. The van der Waals surface area contributed by atoms with E-state index in [0.29, 0.717) is 33.0 Å². The quantitative estimate of drug-likeness (QED) is 0.449. The van der Waals surface area contributed by atoms with Crippen LogP contribution in [0.15, 0.2) is 66.7 Å². The van der Waals surface area contributed by atoms with Gasteiger partial charge < -0.3 is 0 Å². The van der Waals surface area contributed by atoms with Crippen molar-refractivity contribution in [3.8, 4) is 22.5 Å². The van der Waals surface area contributed by atoms with Gasteiger partial charge >= 0.3 is 0 Å². The molecule has 0 aliphatic heterocycles. The summed E-state index contributed by atoms with van der Waals surface area (Å²) in [6, 6.07) is 17.5. The van der Waals surface area contributed by atoms with Crippen LogP contribution >= 0.6 is 11.6 Å². The Morgan fingerprint density at radius 3 is 2.04 bits per heavy atom. The first-order valence-electron chi connectivity index (χ1n) is 7.60. The van der Waals surface area contributed by atoms with Crippen molar-refractivity contribution in [1.29, 1.82) is 0 Å². The van der Waals surface area contributed by atoms with Gasteiger partial charge in [-0.2, -0.15) is 0 Å². The SMILES string of the molecule is Fc1ccc(-c2nc3ccccc3nc2-c2cc(Cl)ccc2F)cc1. The molecule has 0 bridgehead atoms. The number of nitrogens with zero attached hydrogens (tertiary/aromatic N) is 2. The fourth-order valence-electron chi connectivity index (χ4n) is 2.68. The zero-order chi connectivity index (χ0) is 17.4. The lowest BCUT2D eigenvalue weighted by atomic mass is 10.0. The molecule has 0 unspecified atom stereocenters. The molecule has 0 fully saturated rings. The van der Waals surface area contributed by atoms with E-state index in [1.165, 1.54) is 30.3 Å². The van der Waals surface area contributed by atoms with E-state index in [1.54, 1.807) is 12.1 Å². The minimum atomic E-state index is -0.447. The van der Waals surface area contributed by atoms with E-state index in [4.69, 9.17) is 11.6 Å². The third kappa shape index (κ3) is 2.96. The van der Waals surface area contributed by atoms with Crippen LogP contribution in [0.1, 0.15) is 0 Å². The summed E-state index contributed by atoms with van der Waals surface area (Å²) in [6.45, 7) is 0. The lowest BCUT2D eigenvalue weighted by Crippen LogP contribution is -1.97. The molecule has 1 heterocycles. The molecule has 0 amide bonds. The van der Waals surface area contributed by atoms with Crippen molar-refractivity contribution in [2.45, 2.75) is 0 Å². The summed E-state index contributed by atoms with van der Waals surface area (Å²) >= 11 is 6.04. The highest BCUT2D eigenvalue weighted by Gasteiger charge is 2.16. The van der Waals surface area contributed by atoms with Crippen molar-refractivity contribution in [1.82, 2.24) is 9.97 Å². The van der Waals surface area contributed by atoms with Gasteiger partial charge in [0.15, 0.2) is 0 Å². The molecule has 122 valence electrons. The Morgan fingerprint density at radius 1 is 0.720 bits per heavy atom. The number of para-hydroxylation sites is 2. The van der Waals surface area contributed by atoms with E-state index in [9.17, 15) is 8.78 Å². The molecule has 3 aromatic carbocycles. The van der Waals surface area contributed by atoms with Crippen LogP contribution < -0.4 is 0 Å². The van der Waals surface area contributed by atoms with Gasteiger partial charge in [-0.15, -0.1) is 0 Å². The monoisotopic (exact) mass is 352 g/mol. The predicted molar refractivity (Wildman–Crippen MR) is 95.3 cm³/mol.